The molecule has 0 radical (unpaired) electrons. The van der Waals surface area contributed by atoms with E-state index >= 15 is 0 Å². The molecule has 0 saturated heterocycles. The molecule has 0 fully saturated rings. The summed E-state index contributed by atoms with van der Waals surface area (Å²) in [6.45, 7) is 6.32. The highest BCUT2D eigenvalue weighted by molar-refractivity contribution is 7.12. The lowest BCUT2D eigenvalue weighted by molar-refractivity contribution is 0.0701. The SMILES string of the molecule is CC(C)(C)Cc1ccsc1C(=O)O. The predicted octanol–water partition coefficient (Wildman–Crippen LogP) is 3.03. The Hall–Kier alpha value is -0.830. The van der Waals surface area contributed by atoms with Crippen molar-refractivity contribution in [2.24, 2.45) is 5.41 Å². The van der Waals surface area contributed by atoms with Gasteiger partial charge in [-0.25, -0.2) is 4.79 Å². The lowest BCUT2D eigenvalue weighted by Crippen LogP contribution is -2.11. The molecule has 1 N–H and O–H groups in total. The molecule has 0 atom stereocenters. The zero-order valence-electron chi connectivity index (χ0n) is 8.13. The van der Waals surface area contributed by atoms with Crippen LogP contribution in [0.2, 0.25) is 0 Å². The maximum Gasteiger partial charge on any atom is 0.346 e. The fourth-order valence-corrected chi connectivity index (χ4v) is 1.99. The van der Waals surface area contributed by atoms with E-state index in [0.717, 1.165) is 12.0 Å². The Morgan fingerprint density at radius 1 is 1.54 bits per heavy atom. The quantitative estimate of drug-likeness (QED) is 0.793. The first-order valence-corrected chi connectivity index (χ1v) is 5.08. The van der Waals surface area contributed by atoms with Gasteiger partial charge in [0.25, 0.3) is 0 Å². The smallest absolute Gasteiger partial charge is 0.346 e. The molecular weight excluding hydrogens is 184 g/mol. The van der Waals surface area contributed by atoms with Gasteiger partial charge >= 0.3 is 5.97 Å². The predicted molar refractivity (Wildman–Crippen MR) is 54.4 cm³/mol. The van der Waals surface area contributed by atoms with Crippen LogP contribution in [0.15, 0.2) is 11.4 Å². The van der Waals surface area contributed by atoms with Gasteiger partial charge in [0.1, 0.15) is 4.88 Å². The van der Waals surface area contributed by atoms with Crippen LogP contribution >= 0.6 is 11.3 Å². The number of carboxylic acid groups (broad SMARTS) is 1. The molecule has 72 valence electrons. The van der Waals surface area contributed by atoms with E-state index in [2.05, 4.69) is 20.8 Å². The van der Waals surface area contributed by atoms with Gasteiger partial charge in [-0.15, -0.1) is 11.3 Å². The van der Waals surface area contributed by atoms with Crippen molar-refractivity contribution in [1.82, 2.24) is 0 Å². The van der Waals surface area contributed by atoms with Crippen molar-refractivity contribution in [3.63, 3.8) is 0 Å². The fraction of sp³-hybridized carbons (Fsp3) is 0.500. The number of aromatic carboxylic acids is 1. The van der Waals surface area contributed by atoms with Crippen molar-refractivity contribution in [3.8, 4) is 0 Å². The molecule has 0 amide bonds. The Morgan fingerprint density at radius 2 is 2.15 bits per heavy atom. The molecule has 1 aromatic heterocycles. The highest BCUT2D eigenvalue weighted by Gasteiger charge is 2.17. The number of hydrogen-bond acceptors (Lipinski definition) is 2. The van der Waals surface area contributed by atoms with E-state index in [0.29, 0.717) is 4.88 Å². The van der Waals surface area contributed by atoms with E-state index in [1.54, 1.807) is 0 Å². The highest BCUT2D eigenvalue weighted by Crippen LogP contribution is 2.26. The van der Waals surface area contributed by atoms with Crippen molar-refractivity contribution < 1.29 is 9.90 Å². The highest BCUT2D eigenvalue weighted by atomic mass is 32.1. The van der Waals surface area contributed by atoms with E-state index in [9.17, 15) is 4.79 Å². The molecule has 0 aliphatic carbocycles. The normalized spacial score (nSPS) is 11.6. The topological polar surface area (TPSA) is 37.3 Å². The lowest BCUT2D eigenvalue weighted by atomic mass is 9.88. The first-order valence-electron chi connectivity index (χ1n) is 4.20. The third-order valence-electron chi connectivity index (χ3n) is 1.66. The summed E-state index contributed by atoms with van der Waals surface area (Å²) < 4.78 is 0. The van der Waals surface area contributed by atoms with Crippen molar-refractivity contribution >= 4 is 17.3 Å². The molecule has 1 heterocycles. The third-order valence-corrected chi connectivity index (χ3v) is 2.61. The molecular formula is C10H14O2S. The Bertz CT molecular complexity index is 307. The summed E-state index contributed by atoms with van der Waals surface area (Å²) in [6, 6.07) is 1.90. The van der Waals surface area contributed by atoms with Crippen LogP contribution in [-0.4, -0.2) is 11.1 Å². The van der Waals surface area contributed by atoms with Crippen LogP contribution in [0.5, 0.6) is 0 Å². The van der Waals surface area contributed by atoms with Gasteiger partial charge in [0.15, 0.2) is 0 Å². The molecule has 1 aromatic rings. The zero-order chi connectivity index (χ0) is 10.1. The second-order valence-corrected chi connectivity index (χ2v) is 5.23. The average Bonchev–Trinajstić information content (AvgIpc) is 2.31. The van der Waals surface area contributed by atoms with Crippen molar-refractivity contribution in [2.45, 2.75) is 27.2 Å². The summed E-state index contributed by atoms with van der Waals surface area (Å²) in [5.74, 6) is -0.811. The summed E-state index contributed by atoms with van der Waals surface area (Å²) >= 11 is 1.30. The van der Waals surface area contributed by atoms with E-state index in [4.69, 9.17) is 5.11 Å². The molecule has 1 rings (SSSR count). The molecule has 0 aliphatic heterocycles. The van der Waals surface area contributed by atoms with Gasteiger partial charge < -0.3 is 5.11 Å². The molecule has 0 unspecified atom stereocenters. The van der Waals surface area contributed by atoms with Gasteiger partial charge in [0.2, 0.25) is 0 Å². The number of carbonyl (C=O) groups is 1. The van der Waals surface area contributed by atoms with Crippen LogP contribution in [0.1, 0.15) is 36.0 Å². The van der Waals surface area contributed by atoms with Gasteiger partial charge in [-0.3, -0.25) is 0 Å². The van der Waals surface area contributed by atoms with Crippen molar-refractivity contribution in [1.29, 1.82) is 0 Å². The summed E-state index contributed by atoms with van der Waals surface area (Å²) in [6.07, 6.45) is 0.818. The van der Waals surface area contributed by atoms with Crippen molar-refractivity contribution in [2.75, 3.05) is 0 Å². The number of carboxylic acids is 1. The molecule has 0 aliphatic rings. The first-order chi connectivity index (χ1) is 5.90. The van der Waals surface area contributed by atoms with Gasteiger partial charge in [0.05, 0.1) is 0 Å². The van der Waals surface area contributed by atoms with Crippen LogP contribution in [0.3, 0.4) is 0 Å². The Morgan fingerprint density at radius 3 is 2.62 bits per heavy atom. The molecule has 2 nitrogen and oxygen atoms in total. The molecule has 0 aromatic carbocycles. The Kier molecular flexibility index (Phi) is 2.76. The zero-order valence-corrected chi connectivity index (χ0v) is 8.94. The van der Waals surface area contributed by atoms with Crippen LogP contribution < -0.4 is 0 Å². The fourth-order valence-electron chi connectivity index (χ4n) is 1.23. The Balaban J connectivity index is 2.89. The maximum atomic E-state index is 10.8. The van der Waals surface area contributed by atoms with E-state index < -0.39 is 5.97 Å². The van der Waals surface area contributed by atoms with Crippen molar-refractivity contribution in [3.05, 3.63) is 21.9 Å². The molecule has 3 heteroatoms. The van der Waals surface area contributed by atoms with Crippen LogP contribution in [0.4, 0.5) is 0 Å². The minimum atomic E-state index is -0.811. The maximum absolute atomic E-state index is 10.8. The van der Waals surface area contributed by atoms with Gasteiger partial charge in [0, 0.05) is 0 Å². The number of thiophene rings is 1. The molecule has 0 bridgehead atoms. The minimum absolute atomic E-state index is 0.144. The molecule has 0 spiro atoms. The summed E-state index contributed by atoms with van der Waals surface area (Å²) in [7, 11) is 0. The Labute approximate surface area is 82.2 Å². The summed E-state index contributed by atoms with van der Waals surface area (Å²) in [4.78, 5) is 11.3. The van der Waals surface area contributed by atoms with Crippen LogP contribution in [-0.2, 0) is 6.42 Å². The third kappa shape index (κ3) is 2.84. The summed E-state index contributed by atoms with van der Waals surface area (Å²) in [5, 5.41) is 10.7. The minimum Gasteiger partial charge on any atom is -0.477 e. The van der Waals surface area contributed by atoms with E-state index in [1.807, 2.05) is 11.4 Å². The monoisotopic (exact) mass is 198 g/mol. The average molecular weight is 198 g/mol. The standard InChI is InChI=1S/C10H14O2S/c1-10(2,3)6-7-4-5-13-8(7)9(11)12/h4-5H,6H2,1-3H3,(H,11,12). The summed E-state index contributed by atoms with van der Waals surface area (Å²) in [5.41, 5.74) is 1.09. The molecule has 13 heavy (non-hydrogen) atoms. The second-order valence-electron chi connectivity index (χ2n) is 4.32. The second kappa shape index (κ2) is 3.50. The largest absolute Gasteiger partial charge is 0.477 e. The number of hydrogen-bond donors (Lipinski definition) is 1. The van der Waals surface area contributed by atoms with Crippen LogP contribution in [0, 0.1) is 5.41 Å². The van der Waals surface area contributed by atoms with E-state index in [-0.39, 0.29) is 5.41 Å². The van der Waals surface area contributed by atoms with Gasteiger partial charge in [-0.1, -0.05) is 20.8 Å². The lowest BCUT2D eigenvalue weighted by Gasteiger charge is -2.17. The van der Waals surface area contributed by atoms with Crippen LogP contribution in [0.25, 0.3) is 0 Å². The van der Waals surface area contributed by atoms with Gasteiger partial charge in [-0.2, -0.15) is 0 Å². The first kappa shape index (κ1) is 10.3. The van der Waals surface area contributed by atoms with E-state index in [1.165, 1.54) is 11.3 Å². The number of rotatable bonds is 2. The molecule has 0 saturated carbocycles. The van der Waals surface area contributed by atoms with Gasteiger partial charge in [-0.05, 0) is 28.8 Å².